The molecule has 0 aliphatic carbocycles. The van der Waals surface area contributed by atoms with Crippen molar-refractivity contribution in [3.8, 4) is 5.75 Å². The van der Waals surface area contributed by atoms with Crippen LogP contribution >= 0.6 is 0 Å². The second-order valence-electron chi connectivity index (χ2n) is 7.36. The van der Waals surface area contributed by atoms with Crippen molar-refractivity contribution in [2.24, 2.45) is 0 Å². The molecule has 1 saturated heterocycles. The third-order valence-electron chi connectivity index (χ3n) is 5.07. The molecule has 2 aromatic rings. The maximum absolute atomic E-state index is 12.5. The summed E-state index contributed by atoms with van der Waals surface area (Å²) in [6.45, 7) is -2.40. The quantitative estimate of drug-likeness (QED) is 0.351. The number of rotatable bonds is 8. The van der Waals surface area contributed by atoms with Crippen LogP contribution < -0.4 is 15.0 Å². The molecule has 0 saturated carbocycles. The van der Waals surface area contributed by atoms with Gasteiger partial charge in [0.15, 0.2) is 6.61 Å². The van der Waals surface area contributed by atoms with Crippen molar-refractivity contribution >= 4 is 28.9 Å². The number of halogens is 2. The number of para-hydroxylation sites is 2. The Hall–Kier alpha value is -3.76. The Morgan fingerprint density at radius 2 is 1.79 bits per heavy atom. The molecule has 1 amide bonds. The van der Waals surface area contributed by atoms with Crippen LogP contribution in [0.15, 0.2) is 42.5 Å². The number of carbonyl (C=O) groups excluding carboxylic acids is 2. The van der Waals surface area contributed by atoms with E-state index in [-0.39, 0.29) is 22.7 Å². The standard InChI is InChI=1S/C22H23F2N3O6/c23-22(24)33-19-8-4-3-7-16(19)25-20(28)14-32-21(29)15-9-10-17(18(13-15)27(30)31)26-11-5-1-2-6-12-26/h3-4,7-10,13,22H,1-2,5-6,11-12,14H2,(H,25,28). The fraction of sp³-hybridized carbons (Fsp3) is 0.364. The molecular weight excluding hydrogens is 440 g/mol. The second-order valence-corrected chi connectivity index (χ2v) is 7.36. The number of hydrogen-bond acceptors (Lipinski definition) is 7. The van der Waals surface area contributed by atoms with Gasteiger partial charge >= 0.3 is 12.6 Å². The number of nitrogens with zero attached hydrogens (tertiary/aromatic N) is 2. The van der Waals surface area contributed by atoms with E-state index >= 15 is 0 Å². The number of nitrogens with one attached hydrogen (secondary N) is 1. The number of hydrogen-bond donors (Lipinski definition) is 1. The first-order valence-corrected chi connectivity index (χ1v) is 10.4. The molecule has 2 aromatic carbocycles. The van der Waals surface area contributed by atoms with Crippen molar-refractivity contribution in [2.45, 2.75) is 32.3 Å². The third-order valence-corrected chi connectivity index (χ3v) is 5.07. The summed E-state index contributed by atoms with van der Waals surface area (Å²) in [6.07, 6.45) is 3.99. The van der Waals surface area contributed by atoms with Crippen molar-refractivity contribution in [2.75, 3.05) is 29.9 Å². The molecule has 33 heavy (non-hydrogen) atoms. The summed E-state index contributed by atoms with van der Waals surface area (Å²) in [5.74, 6) is -1.95. The van der Waals surface area contributed by atoms with Crippen LogP contribution in [0.1, 0.15) is 36.0 Å². The largest absolute Gasteiger partial charge is 0.452 e. The van der Waals surface area contributed by atoms with E-state index < -0.39 is 30.0 Å². The smallest absolute Gasteiger partial charge is 0.387 e. The molecule has 3 rings (SSSR count). The summed E-state index contributed by atoms with van der Waals surface area (Å²) in [4.78, 5) is 37.5. The first kappa shape index (κ1) is 23.9. The van der Waals surface area contributed by atoms with E-state index in [2.05, 4.69) is 10.1 Å². The number of nitro benzene ring substituents is 1. The molecule has 1 aliphatic rings. The lowest BCUT2D eigenvalue weighted by molar-refractivity contribution is -0.384. The minimum atomic E-state index is -3.08. The van der Waals surface area contributed by atoms with Gasteiger partial charge in [-0.05, 0) is 37.1 Å². The van der Waals surface area contributed by atoms with Gasteiger partial charge in [-0.2, -0.15) is 8.78 Å². The van der Waals surface area contributed by atoms with Crippen LogP contribution in [0.25, 0.3) is 0 Å². The molecule has 0 aromatic heterocycles. The maximum atomic E-state index is 12.5. The van der Waals surface area contributed by atoms with Crippen LogP contribution in [0.3, 0.4) is 0 Å². The number of benzene rings is 2. The zero-order chi connectivity index (χ0) is 23.8. The van der Waals surface area contributed by atoms with E-state index in [9.17, 15) is 28.5 Å². The number of nitro groups is 1. The molecule has 1 aliphatic heterocycles. The summed E-state index contributed by atoms with van der Waals surface area (Å²) >= 11 is 0. The topological polar surface area (TPSA) is 111 Å². The molecule has 0 bridgehead atoms. The maximum Gasteiger partial charge on any atom is 0.387 e. The van der Waals surface area contributed by atoms with Crippen molar-refractivity contribution in [1.29, 1.82) is 0 Å². The SMILES string of the molecule is O=C(COC(=O)c1ccc(N2CCCCCC2)c([N+](=O)[O-])c1)Nc1ccccc1OC(F)F. The predicted octanol–water partition coefficient (Wildman–Crippen LogP) is 4.37. The van der Waals surface area contributed by atoms with Crippen molar-refractivity contribution in [1.82, 2.24) is 0 Å². The summed E-state index contributed by atoms with van der Waals surface area (Å²) in [7, 11) is 0. The van der Waals surface area contributed by atoms with Gasteiger partial charge in [0.05, 0.1) is 16.2 Å². The Labute approximate surface area is 188 Å². The molecule has 1 heterocycles. The van der Waals surface area contributed by atoms with Crippen LogP contribution in [-0.2, 0) is 9.53 Å². The van der Waals surface area contributed by atoms with Crippen LogP contribution in [0.4, 0.5) is 25.8 Å². The minimum Gasteiger partial charge on any atom is -0.452 e. The predicted molar refractivity (Wildman–Crippen MR) is 116 cm³/mol. The zero-order valence-electron chi connectivity index (χ0n) is 17.7. The van der Waals surface area contributed by atoms with Crippen molar-refractivity contribution < 1.29 is 32.8 Å². The van der Waals surface area contributed by atoms with Gasteiger partial charge in [0.2, 0.25) is 0 Å². The van der Waals surface area contributed by atoms with E-state index in [0.717, 1.165) is 31.7 Å². The Morgan fingerprint density at radius 1 is 1.09 bits per heavy atom. The first-order chi connectivity index (χ1) is 15.8. The highest BCUT2D eigenvalue weighted by molar-refractivity contribution is 5.97. The molecule has 9 nitrogen and oxygen atoms in total. The third kappa shape index (κ3) is 6.61. The minimum absolute atomic E-state index is 0.0173. The molecule has 0 radical (unpaired) electrons. The van der Waals surface area contributed by atoms with Crippen molar-refractivity contribution in [3.05, 3.63) is 58.1 Å². The molecule has 0 unspecified atom stereocenters. The summed E-state index contributed by atoms with van der Waals surface area (Å²) in [5, 5.41) is 13.9. The van der Waals surface area contributed by atoms with Gasteiger partial charge in [0.25, 0.3) is 11.6 Å². The van der Waals surface area contributed by atoms with Crippen LogP contribution in [-0.4, -0.2) is 43.1 Å². The highest BCUT2D eigenvalue weighted by atomic mass is 19.3. The number of carbonyl (C=O) groups is 2. The van der Waals surface area contributed by atoms with E-state index in [1.165, 1.54) is 36.4 Å². The Kier molecular flexibility index (Phi) is 8.11. The fourth-order valence-electron chi connectivity index (χ4n) is 3.55. The fourth-order valence-corrected chi connectivity index (χ4v) is 3.55. The number of alkyl halides is 2. The highest BCUT2D eigenvalue weighted by Gasteiger charge is 2.23. The highest BCUT2D eigenvalue weighted by Crippen LogP contribution is 2.31. The molecule has 1 fully saturated rings. The van der Waals surface area contributed by atoms with Gasteiger partial charge in [0, 0.05) is 19.2 Å². The van der Waals surface area contributed by atoms with Gasteiger partial charge in [-0.1, -0.05) is 25.0 Å². The number of anilines is 2. The number of esters is 1. The molecule has 0 atom stereocenters. The van der Waals surface area contributed by atoms with E-state index in [4.69, 9.17) is 4.74 Å². The van der Waals surface area contributed by atoms with Gasteiger partial charge in [-0.3, -0.25) is 14.9 Å². The molecule has 11 heteroatoms. The Balaban J connectivity index is 1.65. The van der Waals surface area contributed by atoms with E-state index in [1.807, 2.05) is 4.90 Å². The lowest BCUT2D eigenvalue weighted by atomic mass is 10.1. The number of amides is 1. The summed E-state index contributed by atoms with van der Waals surface area (Å²) < 4.78 is 34.2. The zero-order valence-corrected chi connectivity index (χ0v) is 17.7. The average molecular weight is 463 g/mol. The van der Waals surface area contributed by atoms with E-state index in [1.54, 1.807) is 0 Å². The monoisotopic (exact) mass is 463 g/mol. The summed E-state index contributed by atoms with van der Waals surface area (Å²) in [5.41, 5.74) is 0.131. The molecule has 0 spiro atoms. The lowest BCUT2D eigenvalue weighted by Crippen LogP contribution is -2.25. The Morgan fingerprint density at radius 3 is 2.45 bits per heavy atom. The van der Waals surface area contributed by atoms with Crippen LogP contribution in [0, 0.1) is 10.1 Å². The normalized spacial score (nSPS) is 13.8. The molecule has 176 valence electrons. The van der Waals surface area contributed by atoms with Crippen LogP contribution in [0.2, 0.25) is 0 Å². The van der Waals surface area contributed by atoms with Gasteiger partial charge in [-0.25, -0.2) is 4.79 Å². The van der Waals surface area contributed by atoms with Gasteiger partial charge in [0.1, 0.15) is 11.4 Å². The average Bonchev–Trinajstić information content (AvgIpc) is 3.07. The Bertz CT molecular complexity index is 1010. The molecular formula is C22H23F2N3O6. The van der Waals surface area contributed by atoms with Crippen LogP contribution in [0.5, 0.6) is 5.75 Å². The summed E-state index contributed by atoms with van der Waals surface area (Å²) in [6, 6.07) is 9.62. The number of ether oxygens (including phenoxy) is 2. The van der Waals surface area contributed by atoms with Crippen molar-refractivity contribution in [3.63, 3.8) is 0 Å². The van der Waals surface area contributed by atoms with E-state index in [0.29, 0.717) is 18.8 Å². The lowest BCUT2D eigenvalue weighted by Gasteiger charge is -2.22. The molecule has 1 N–H and O–H groups in total. The van der Waals surface area contributed by atoms with Gasteiger partial charge < -0.3 is 19.7 Å². The first-order valence-electron chi connectivity index (χ1n) is 10.4. The van der Waals surface area contributed by atoms with Gasteiger partial charge in [-0.15, -0.1) is 0 Å². The second kappa shape index (κ2) is 11.2.